The van der Waals surface area contributed by atoms with Gasteiger partial charge in [0.25, 0.3) is 0 Å². The van der Waals surface area contributed by atoms with Crippen LogP contribution in [0.5, 0.6) is 0 Å². The lowest BCUT2D eigenvalue weighted by Gasteiger charge is -2.25. The summed E-state index contributed by atoms with van der Waals surface area (Å²) in [7, 11) is -1.33. The SMILES string of the molecule is C[P+](CC1C=CC=C1)(c1ccccc1)c1ccccc1. The Bertz CT molecular complexity index is 559. The fourth-order valence-corrected chi connectivity index (χ4v) is 6.36. The largest absolute Gasteiger partial charge is 0.0989 e. The van der Waals surface area contributed by atoms with Crippen LogP contribution in [0.25, 0.3) is 0 Å². The van der Waals surface area contributed by atoms with Crippen LogP contribution < -0.4 is 10.6 Å². The summed E-state index contributed by atoms with van der Waals surface area (Å²) >= 11 is 0. The molecule has 0 radical (unpaired) electrons. The molecule has 0 nitrogen and oxygen atoms in total. The molecule has 0 N–H and O–H groups in total. The van der Waals surface area contributed by atoms with Crippen molar-refractivity contribution in [1.82, 2.24) is 0 Å². The molecular weight excluding hydrogens is 259 g/mol. The molecule has 0 aromatic heterocycles. The van der Waals surface area contributed by atoms with Gasteiger partial charge in [-0.1, -0.05) is 60.7 Å². The summed E-state index contributed by atoms with van der Waals surface area (Å²) in [6.45, 7) is 2.47. The number of hydrogen-bond donors (Lipinski definition) is 0. The van der Waals surface area contributed by atoms with Gasteiger partial charge in [0.15, 0.2) is 0 Å². The minimum Gasteiger partial charge on any atom is -0.0740 e. The van der Waals surface area contributed by atoms with Crippen LogP contribution in [0.15, 0.2) is 85.0 Å². The standard InChI is InChI=1S/C19H20P/c1-20(16-17-10-8-9-11-17,18-12-4-2-5-13-18)19-14-6-3-7-15-19/h2-15,17H,16H2,1H3/q+1. The average molecular weight is 279 g/mol. The van der Waals surface area contributed by atoms with Crippen LogP contribution in [0.1, 0.15) is 0 Å². The molecule has 0 saturated heterocycles. The maximum Gasteiger partial charge on any atom is 0.0989 e. The van der Waals surface area contributed by atoms with Crippen molar-refractivity contribution >= 4 is 17.9 Å². The third-order valence-electron chi connectivity index (χ3n) is 4.06. The minimum absolute atomic E-state index is 0.578. The van der Waals surface area contributed by atoms with Gasteiger partial charge in [-0.3, -0.25) is 0 Å². The second kappa shape index (κ2) is 5.77. The van der Waals surface area contributed by atoms with Gasteiger partial charge < -0.3 is 0 Å². The van der Waals surface area contributed by atoms with Crippen molar-refractivity contribution < 1.29 is 0 Å². The zero-order valence-electron chi connectivity index (χ0n) is 11.8. The molecule has 0 aliphatic heterocycles. The van der Waals surface area contributed by atoms with Crippen molar-refractivity contribution in [3.05, 3.63) is 85.0 Å². The molecule has 0 spiro atoms. The molecule has 1 heteroatoms. The minimum atomic E-state index is -1.33. The van der Waals surface area contributed by atoms with Crippen molar-refractivity contribution in [1.29, 1.82) is 0 Å². The molecule has 0 saturated carbocycles. The van der Waals surface area contributed by atoms with Gasteiger partial charge in [-0.2, -0.15) is 0 Å². The van der Waals surface area contributed by atoms with Crippen molar-refractivity contribution in [2.24, 2.45) is 5.92 Å². The van der Waals surface area contributed by atoms with Crippen LogP contribution in [0.2, 0.25) is 0 Å². The Kier molecular flexibility index (Phi) is 3.85. The number of benzene rings is 2. The van der Waals surface area contributed by atoms with Gasteiger partial charge in [0.2, 0.25) is 0 Å². The van der Waals surface area contributed by atoms with Gasteiger partial charge in [-0.15, -0.1) is 0 Å². The topological polar surface area (TPSA) is 0 Å². The summed E-state index contributed by atoms with van der Waals surface area (Å²) in [5.41, 5.74) is 0. The highest BCUT2D eigenvalue weighted by Crippen LogP contribution is 2.54. The lowest BCUT2D eigenvalue weighted by molar-refractivity contribution is 0.966. The van der Waals surface area contributed by atoms with Crippen molar-refractivity contribution in [3.8, 4) is 0 Å². The first-order chi connectivity index (χ1) is 9.79. The highest BCUT2D eigenvalue weighted by Gasteiger charge is 2.38. The smallest absolute Gasteiger partial charge is 0.0740 e. The third kappa shape index (κ3) is 2.62. The van der Waals surface area contributed by atoms with Gasteiger partial charge in [-0.05, 0) is 24.3 Å². The summed E-state index contributed by atoms with van der Waals surface area (Å²) < 4.78 is 0. The van der Waals surface area contributed by atoms with E-state index in [-0.39, 0.29) is 0 Å². The third-order valence-corrected chi connectivity index (χ3v) is 8.08. The van der Waals surface area contributed by atoms with E-state index in [9.17, 15) is 0 Å². The number of allylic oxidation sites excluding steroid dienone is 4. The Morgan fingerprint density at radius 1 is 0.750 bits per heavy atom. The Morgan fingerprint density at radius 2 is 1.20 bits per heavy atom. The molecule has 20 heavy (non-hydrogen) atoms. The van der Waals surface area contributed by atoms with Crippen LogP contribution >= 0.6 is 7.26 Å². The molecule has 0 heterocycles. The fourth-order valence-electron chi connectivity index (χ4n) is 2.90. The maximum atomic E-state index is 2.47. The van der Waals surface area contributed by atoms with Gasteiger partial charge in [0, 0.05) is 5.92 Å². The number of rotatable bonds is 4. The molecule has 1 aliphatic carbocycles. The quantitative estimate of drug-likeness (QED) is 0.741. The summed E-state index contributed by atoms with van der Waals surface area (Å²) in [6, 6.07) is 22.0. The van der Waals surface area contributed by atoms with Crippen LogP contribution in [0.3, 0.4) is 0 Å². The molecule has 2 aromatic carbocycles. The normalized spacial score (nSPS) is 14.8. The van der Waals surface area contributed by atoms with E-state index in [0.29, 0.717) is 5.92 Å². The van der Waals surface area contributed by atoms with Crippen molar-refractivity contribution in [2.45, 2.75) is 0 Å². The molecule has 3 rings (SSSR count). The summed E-state index contributed by atoms with van der Waals surface area (Å²) in [5.74, 6) is 0.578. The van der Waals surface area contributed by atoms with Crippen molar-refractivity contribution in [2.75, 3.05) is 12.8 Å². The molecule has 2 aromatic rings. The first-order valence-corrected chi connectivity index (χ1v) is 9.53. The van der Waals surface area contributed by atoms with Gasteiger partial charge in [0.1, 0.15) is 0 Å². The zero-order chi connectivity index (χ0) is 13.8. The van der Waals surface area contributed by atoms with E-state index < -0.39 is 7.26 Å². The second-order valence-electron chi connectivity index (χ2n) is 5.48. The van der Waals surface area contributed by atoms with Crippen molar-refractivity contribution in [3.63, 3.8) is 0 Å². The molecule has 100 valence electrons. The molecule has 0 bridgehead atoms. The Morgan fingerprint density at radius 3 is 1.65 bits per heavy atom. The lowest BCUT2D eigenvalue weighted by atomic mass is 10.2. The highest BCUT2D eigenvalue weighted by atomic mass is 31.2. The van der Waals surface area contributed by atoms with E-state index >= 15 is 0 Å². The average Bonchev–Trinajstić information content (AvgIpc) is 3.02. The lowest BCUT2D eigenvalue weighted by Crippen LogP contribution is -2.26. The van der Waals surface area contributed by atoms with Crippen LogP contribution in [-0.2, 0) is 0 Å². The van der Waals surface area contributed by atoms with Gasteiger partial charge in [-0.25, -0.2) is 0 Å². The molecule has 1 aliphatic rings. The van der Waals surface area contributed by atoms with E-state index in [1.807, 2.05) is 0 Å². The summed E-state index contributed by atoms with van der Waals surface area (Å²) in [5, 5.41) is 3.00. The molecular formula is C19H20P+. The van der Waals surface area contributed by atoms with E-state index in [1.165, 1.54) is 16.8 Å². The van der Waals surface area contributed by atoms with E-state index in [4.69, 9.17) is 0 Å². The second-order valence-corrected chi connectivity index (χ2v) is 9.26. The van der Waals surface area contributed by atoms with Crippen LogP contribution in [0.4, 0.5) is 0 Å². The molecule has 0 amide bonds. The van der Waals surface area contributed by atoms with Gasteiger partial charge >= 0.3 is 0 Å². The van der Waals surface area contributed by atoms with E-state index in [2.05, 4.69) is 91.6 Å². The highest BCUT2D eigenvalue weighted by molar-refractivity contribution is 7.88. The Balaban J connectivity index is 2.03. The van der Waals surface area contributed by atoms with Gasteiger partial charge in [0.05, 0.1) is 30.7 Å². The van der Waals surface area contributed by atoms with Crippen LogP contribution in [-0.4, -0.2) is 12.8 Å². The molecule has 0 atom stereocenters. The monoisotopic (exact) mass is 279 g/mol. The van der Waals surface area contributed by atoms with Crippen LogP contribution in [0, 0.1) is 5.92 Å². The predicted molar refractivity (Wildman–Crippen MR) is 91.6 cm³/mol. The molecule has 0 fully saturated rings. The van der Waals surface area contributed by atoms with E-state index in [0.717, 1.165) is 0 Å². The van der Waals surface area contributed by atoms with E-state index in [1.54, 1.807) is 0 Å². The Labute approximate surface area is 122 Å². The Hall–Kier alpha value is -1.65. The summed E-state index contributed by atoms with van der Waals surface area (Å²) in [4.78, 5) is 0. The zero-order valence-corrected chi connectivity index (χ0v) is 12.7. The number of hydrogen-bond acceptors (Lipinski definition) is 0. The predicted octanol–water partition coefficient (Wildman–Crippen LogP) is 4.03. The summed E-state index contributed by atoms with van der Waals surface area (Å²) in [6.07, 6.45) is 10.2. The first kappa shape index (κ1) is 13.3. The molecule has 0 unspecified atom stereocenters. The first-order valence-electron chi connectivity index (χ1n) is 7.11. The maximum absolute atomic E-state index is 2.47. The fraction of sp³-hybridized carbons (Fsp3) is 0.158.